The maximum atomic E-state index is 12.9. The number of aromatic amines is 1. The monoisotopic (exact) mass is 491 g/mol. The van der Waals surface area contributed by atoms with Crippen LogP contribution < -0.4 is 11.1 Å². The van der Waals surface area contributed by atoms with Crippen LogP contribution >= 0.6 is 11.8 Å². The molecule has 0 radical (unpaired) electrons. The highest BCUT2D eigenvalue weighted by Gasteiger charge is 2.71. The van der Waals surface area contributed by atoms with Gasteiger partial charge in [-0.2, -0.15) is 31.3 Å². The molecule has 5 N–H and O–H groups in total. The number of rotatable bonds is 6. The van der Waals surface area contributed by atoms with E-state index in [1.165, 1.54) is 23.9 Å². The van der Waals surface area contributed by atoms with E-state index in [-0.39, 0.29) is 17.2 Å². The Labute approximate surface area is 186 Å². The Hall–Kier alpha value is -3.26. The summed E-state index contributed by atoms with van der Waals surface area (Å²) in [7, 11) is 0. The SMILES string of the molecule is Nc1nc(SCc2ccc(C(=O)Nc3ccc(C(O)(C(F)(F)F)C(F)(F)F)cc3)cc2)n[nH]1. The van der Waals surface area contributed by atoms with Crippen molar-refractivity contribution in [3.05, 3.63) is 65.2 Å². The first-order chi connectivity index (χ1) is 15.3. The summed E-state index contributed by atoms with van der Waals surface area (Å²) in [5, 5.41) is 18.6. The number of nitrogen functional groups attached to an aromatic ring is 1. The first kappa shape index (κ1) is 24.4. The van der Waals surface area contributed by atoms with E-state index in [4.69, 9.17) is 5.73 Å². The van der Waals surface area contributed by atoms with E-state index in [1.807, 2.05) is 0 Å². The Balaban J connectivity index is 1.67. The number of nitrogens with two attached hydrogens (primary N) is 1. The summed E-state index contributed by atoms with van der Waals surface area (Å²) in [4.78, 5) is 16.3. The highest BCUT2D eigenvalue weighted by Crippen LogP contribution is 2.50. The van der Waals surface area contributed by atoms with Crippen molar-refractivity contribution in [2.75, 3.05) is 11.1 Å². The van der Waals surface area contributed by atoms with E-state index in [2.05, 4.69) is 20.5 Å². The number of benzene rings is 2. The molecule has 3 rings (SSSR count). The van der Waals surface area contributed by atoms with Crippen LogP contribution in [0.2, 0.25) is 0 Å². The van der Waals surface area contributed by atoms with Gasteiger partial charge in [0.25, 0.3) is 11.5 Å². The van der Waals surface area contributed by atoms with Crippen molar-refractivity contribution in [1.82, 2.24) is 15.2 Å². The number of nitrogens with zero attached hydrogens (tertiary/aromatic N) is 2. The molecule has 0 fully saturated rings. The smallest absolute Gasteiger partial charge is 0.369 e. The quantitative estimate of drug-likeness (QED) is 0.303. The molecule has 0 aliphatic heterocycles. The van der Waals surface area contributed by atoms with Crippen LogP contribution in [0.25, 0.3) is 0 Å². The number of anilines is 2. The predicted octanol–water partition coefficient (Wildman–Crippen LogP) is 4.24. The third kappa shape index (κ3) is 5.22. The van der Waals surface area contributed by atoms with Crippen molar-refractivity contribution < 1.29 is 36.2 Å². The van der Waals surface area contributed by atoms with Crippen LogP contribution in [0.5, 0.6) is 0 Å². The molecular weight excluding hydrogens is 476 g/mol. The first-order valence-electron chi connectivity index (χ1n) is 8.98. The number of carbonyl (C=O) groups excluding carboxylic acids is 1. The minimum atomic E-state index is -5.99. The van der Waals surface area contributed by atoms with E-state index in [1.54, 1.807) is 12.1 Å². The lowest BCUT2D eigenvalue weighted by atomic mass is 9.92. The predicted molar refractivity (Wildman–Crippen MR) is 107 cm³/mol. The molecule has 0 spiro atoms. The largest absolute Gasteiger partial charge is 0.430 e. The average molecular weight is 491 g/mol. The summed E-state index contributed by atoms with van der Waals surface area (Å²) in [6.45, 7) is 0. The van der Waals surface area contributed by atoms with Crippen LogP contribution in [-0.4, -0.2) is 38.5 Å². The number of hydrogen-bond donors (Lipinski definition) is 4. The molecule has 33 heavy (non-hydrogen) atoms. The summed E-state index contributed by atoms with van der Waals surface area (Å²) in [6.07, 6.45) is -12.0. The third-order valence-corrected chi connectivity index (χ3v) is 5.37. The molecule has 0 saturated heterocycles. The molecule has 2 aromatic carbocycles. The molecule has 0 aliphatic carbocycles. The topological polar surface area (TPSA) is 117 Å². The molecule has 0 unspecified atom stereocenters. The number of aromatic nitrogens is 3. The molecule has 3 aromatic rings. The van der Waals surface area contributed by atoms with Crippen molar-refractivity contribution >= 4 is 29.3 Å². The molecule has 1 amide bonds. The summed E-state index contributed by atoms with van der Waals surface area (Å²) in [6, 6.07) is 8.89. The Morgan fingerprint density at radius 2 is 1.58 bits per heavy atom. The zero-order valence-corrected chi connectivity index (χ0v) is 17.1. The van der Waals surface area contributed by atoms with Crippen LogP contribution in [0.3, 0.4) is 0 Å². The van der Waals surface area contributed by atoms with Gasteiger partial charge in [-0.25, -0.2) is 5.10 Å². The Morgan fingerprint density at radius 3 is 2.06 bits per heavy atom. The van der Waals surface area contributed by atoms with E-state index in [0.717, 1.165) is 17.7 Å². The van der Waals surface area contributed by atoms with Crippen LogP contribution in [0.1, 0.15) is 21.5 Å². The number of aliphatic hydroxyl groups is 1. The van der Waals surface area contributed by atoms with Gasteiger partial charge in [0.1, 0.15) is 0 Å². The van der Waals surface area contributed by atoms with Crippen molar-refractivity contribution in [3.63, 3.8) is 0 Å². The Bertz CT molecular complexity index is 1100. The molecule has 1 heterocycles. The van der Waals surface area contributed by atoms with Gasteiger partial charge in [-0.3, -0.25) is 4.79 Å². The van der Waals surface area contributed by atoms with Crippen LogP contribution in [0.15, 0.2) is 53.7 Å². The molecule has 1 aromatic heterocycles. The van der Waals surface area contributed by atoms with Gasteiger partial charge in [-0.1, -0.05) is 36.0 Å². The van der Waals surface area contributed by atoms with Gasteiger partial charge in [0.15, 0.2) is 0 Å². The van der Waals surface area contributed by atoms with Crippen LogP contribution in [0.4, 0.5) is 38.0 Å². The number of carbonyl (C=O) groups is 1. The zero-order chi connectivity index (χ0) is 24.4. The number of nitrogens with one attached hydrogen (secondary N) is 2. The van der Waals surface area contributed by atoms with Crippen molar-refractivity contribution in [3.8, 4) is 0 Å². The standard InChI is InChI=1S/C19H15F6N5O2S/c20-18(21,22)17(32,19(23,24)25)12-5-7-13(8-6-12)27-14(31)11-3-1-10(2-4-11)9-33-16-28-15(26)29-30-16/h1-8,32H,9H2,(H,27,31)(H3,26,28,29,30). The fourth-order valence-corrected chi connectivity index (χ4v) is 3.47. The second-order valence-corrected chi connectivity index (χ2v) is 7.67. The zero-order valence-electron chi connectivity index (χ0n) is 16.3. The molecule has 0 atom stereocenters. The fraction of sp³-hybridized carbons (Fsp3) is 0.211. The second kappa shape index (κ2) is 8.94. The van der Waals surface area contributed by atoms with Gasteiger partial charge in [0, 0.05) is 22.6 Å². The summed E-state index contributed by atoms with van der Waals surface area (Å²) < 4.78 is 77.7. The first-order valence-corrected chi connectivity index (χ1v) is 9.97. The second-order valence-electron chi connectivity index (χ2n) is 6.73. The maximum absolute atomic E-state index is 12.9. The number of hydrogen-bond acceptors (Lipinski definition) is 6. The van der Waals surface area contributed by atoms with Gasteiger partial charge in [-0.15, -0.1) is 5.10 Å². The van der Waals surface area contributed by atoms with E-state index in [9.17, 15) is 36.2 Å². The van der Waals surface area contributed by atoms with Gasteiger partial charge >= 0.3 is 12.4 Å². The lowest BCUT2D eigenvalue weighted by Crippen LogP contribution is -2.53. The number of halogens is 6. The van der Waals surface area contributed by atoms with Gasteiger partial charge in [0.2, 0.25) is 11.1 Å². The Morgan fingerprint density at radius 1 is 1.00 bits per heavy atom. The molecule has 7 nitrogen and oxygen atoms in total. The molecule has 0 bridgehead atoms. The molecule has 0 saturated carbocycles. The molecule has 176 valence electrons. The fourth-order valence-electron chi connectivity index (χ4n) is 2.71. The van der Waals surface area contributed by atoms with Gasteiger partial charge in [0.05, 0.1) is 0 Å². The average Bonchev–Trinajstić information content (AvgIpc) is 3.16. The number of alkyl halides is 6. The normalized spacial score (nSPS) is 12.6. The van der Waals surface area contributed by atoms with Crippen molar-refractivity contribution in [1.29, 1.82) is 0 Å². The van der Waals surface area contributed by atoms with Crippen molar-refractivity contribution in [2.45, 2.75) is 28.9 Å². The van der Waals surface area contributed by atoms with Crippen LogP contribution in [0, 0.1) is 0 Å². The van der Waals surface area contributed by atoms with Gasteiger partial charge < -0.3 is 16.2 Å². The van der Waals surface area contributed by atoms with E-state index < -0.39 is 29.4 Å². The minimum Gasteiger partial charge on any atom is -0.369 e. The number of thioether (sulfide) groups is 1. The van der Waals surface area contributed by atoms with Crippen LogP contribution in [-0.2, 0) is 11.4 Å². The highest BCUT2D eigenvalue weighted by molar-refractivity contribution is 7.98. The summed E-state index contributed by atoms with van der Waals surface area (Å²) in [5.74, 6) is 0.0340. The lowest BCUT2D eigenvalue weighted by Gasteiger charge is -2.32. The third-order valence-electron chi connectivity index (χ3n) is 4.45. The van der Waals surface area contributed by atoms with Gasteiger partial charge in [-0.05, 0) is 29.8 Å². The molecule has 14 heteroatoms. The maximum Gasteiger partial charge on any atom is 0.430 e. The minimum absolute atomic E-state index is 0.0581. The summed E-state index contributed by atoms with van der Waals surface area (Å²) in [5.41, 5.74) is -0.0393. The molecule has 0 aliphatic rings. The molecular formula is C19H15F6N5O2S. The van der Waals surface area contributed by atoms with E-state index >= 15 is 0 Å². The lowest BCUT2D eigenvalue weighted by molar-refractivity contribution is -0.376. The van der Waals surface area contributed by atoms with Crippen molar-refractivity contribution in [2.24, 2.45) is 0 Å². The Kier molecular flexibility index (Phi) is 6.61. The highest BCUT2D eigenvalue weighted by atomic mass is 32.2. The number of amides is 1. The summed E-state index contributed by atoms with van der Waals surface area (Å²) >= 11 is 1.30. The number of H-pyrrole nitrogens is 1. The van der Waals surface area contributed by atoms with E-state index in [0.29, 0.717) is 23.0 Å².